The van der Waals surface area contributed by atoms with Gasteiger partial charge in [0.05, 0.1) is 65.6 Å². The van der Waals surface area contributed by atoms with Gasteiger partial charge in [0.15, 0.2) is 17.0 Å². The standard InChI is InChI=1S/C88H101N11O16P2.2H3N/c1-10-47-109-116(99(58(3)4)59(5)6)114-73-50-80(97-46-44-77(94-86(97)103)93-85(102)62-34-32-61(33-35-62)52-89-79(101)49-60-23-14-12-15-24-60)113-76(73)55-111-117(110-48-11-2)115-74-51-81(112-75(74)54-108-88(63-25-16-13-17-26-63,64-36-40-66(105-8)41-37-64)65-38-42-67(106-9)43-39-65)98-57-92-82-83(90-56-91-84(82)98)95-78(100)31-22-45-96(7)87(104)107-53-72-70-29-20-18-27-68(70)69-28-19-21-30-71(69)72;;/h12-21,23-30,32-44,46,56-59,72-76,80-81H,10-11,22,31,45,47-55H2,1-9H3,(H,89,101)(H,90,91,95,100)(H,93,94,102,103);2*1H3/t73?,74?,75-,76-,80-,81-,116?,117?;;/m1../s1. The van der Waals surface area contributed by atoms with E-state index in [9.17, 15) is 24.0 Å². The second-order valence-corrected chi connectivity index (χ2v) is 31.9. The van der Waals surface area contributed by atoms with Crippen molar-refractivity contribution in [3.63, 3.8) is 0 Å². The Bertz CT molecular complexity index is 4920. The van der Waals surface area contributed by atoms with E-state index in [1.165, 1.54) is 28.1 Å². The first-order valence-electron chi connectivity index (χ1n) is 39.7. The first kappa shape index (κ1) is 89.5. The summed E-state index contributed by atoms with van der Waals surface area (Å²) < 4.78 is 78.6. The highest BCUT2D eigenvalue weighted by atomic mass is 31.2. The van der Waals surface area contributed by atoms with Crippen LogP contribution in [0.3, 0.4) is 0 Å². The van der Waals surface area contributed by atoms with Gasteiger partial charge in [0, 0.05) is 69.2 Å². The van der Waals surface area contributed by atoms with Gasteiger partial charge in [-0.3, -0.25) is 23.5 Å². The molecule has 630 valence electrons. The van der Waals surface area contributed by atoms with Crippen molar-refractivity contribution >= 4 is 63.7 Å². The fourth-order valence-electron chi connectivity index (χ4n) is 14.8. The molecule has 2 fully saturated rings. The van der Waals surface area contributed by atoms with Gasteiger partial charge in [-0.2, -0.15) is 4.98 Å². The van der Waals surface area contributed by atoms with Crippen molar-refractivity contribution in [2.75, 3.05) is 71.5 Å². The Kier molecular flexibility index (Phi) is 32.0. The number of nitrogens with zero attached hydrogens (tertiary/aromatic N) is 8. The van der Waals surface area contributed by atoms with Gasteiger partial charge in [-0.15, -0.1) is 0 Å². The summed E-state index contributed by atoms with van der Waals surface area (Å²) in [7, 11) is 0.924. The van der Waals surface area contributed by atoms with E-state index in [2.05, 4.69) is 82.5 Å². The number of rotatable bonds is 39. The Labute approximate surface area is 696 Å². The number of amides is 4. The number of imidazole rings is 1. The van der Waals surface area contributed by atoms with Crippen LogP contribution in [0.1, 0.15) is 148 Å². The zero-order valence-electron chi connectivity index (χ0n) is 68.6. The lowest BCUT2D eigenvalue weighted by Gasteiger charge is -2.37. The Balaban J connectivity index is 0.00000693. The zero-order valence-corrected chi connectivity index (χ0v) is 70.4. The zero-order chi connectivity index (χ0) is 82.0. The monoisotopic (exact) mass is 1660 g/mol. The highest BCUT2D eigenvalue weighted by Gasteiger charge is 2.47. The summed E-state index contributed by atoms with van der Waals surface area (Å²) in [5.74, 6) is 0.462. The molecule has 0 saturated carbocycles. The van der Waals surface area contributed by atoms with Crippen LogP contribution >= 0.6 is 17.1 Å². The summed E-state index contributed by atoms with van der Waals surface area (Å²) >= 11 is 0. The molecule has 31 heteroatoms. The van der Waals surface area contributed by atoms with Crippen molar-refractivity contribution < 1.29 is 70.2 Å². The number of hydrogen-bond donors (Lipinski definition) is 5. The van der Waals surface area contributed by atoms with Gasteiger partial charge in [0.1, 0.15) is 60.5 Å². The molecule has 119 heavy (non-hydrogen) atoms. The minimum atomic E-state index is -2.27. The summed E-state index contributed by atoms with van der Waals surface area (Å²) in [6.45, 7) is 13.5. The molecule has 4 unspecified atom stereocenters. The molecule has 13 rings (SSSR count). The number of ether oxygens (including phenoxy) is 6. The van der Waals surface area contributed by atoms with Crippen LogP contribution in [0.5, 0.6) is 11.5 Å². The highest BCUT2D eigenvalue weighted by Crippen LogP contribution is 2.53. The number of nitrogens with one attached hydrogen (secondary N) is 3. The SMILES string of the molecule is CCCOP(OC[C@H]1O[C@@H](n2ccc(NC(=O)c3ccc(CNC(=O)Cc4ccccc4)cc3)nc2=O)CC1OP(OCCC)N(C(C)C)C(C)C)OC1C[C@H](n2cnc3c(NC(=O)CCCN(C)C(=O)OCC4c5ccccc5-c5ccccc54)ncnc32)O[C@@H]1COC(c1ccccc1)(c1ccc(OC)cc1)c1ccc(OC)cc1.N.N. The molecule has 1 aliphatic carbocycles. The Morgan fingerprint density at radius 2 is 1.19 bits per heavy atom. The van der Waals surface area contributed by atoms with Crippen LogP contribution < -0.4 is 43.4 Å². The van der Waals surface area contributed by atoms with Gasteiger partial charge < -0.3 is 84.2 Å². The van der Waals surface area contributed by atoms with E-state index >= 15 is 0 Å². The van der Waals surface area contributed by atoms with Crippen molar-refractivity contribution in [3.8, 4) is 22.6 Å². The molecule has 7 aromatic carbocycles. The molecule has 2 saturated heterocycles. The number of aromatic nitrogens is 6. The number of hydrogen-bond acceptors (Lipinski definition) is 23. The van der Waals surface area contributed by atoms with Crippen molar-refractivity contribution in [1.29, 1.82) is 0 Å². The molecular weight excluding hydrogens is 1560 g/mol. The molecular formula is C88H107N13O16P2. The van der Waals surface area contributed by atoms with Gasteiger partial charge in [-0.05, 0) is 139 Å². The summed E-state index contributed by atoms with van der Waals surface area (Å²) in [4.78, 5) is 87.7. The van der Waals surface area contributed by atoms with Crippen molar-refractivity contribution in [3.05, 3.63) is 262 Å². The smallest absolute Gasteiger partial charge is 0.409 e. The molecule has 3 aliphatic rings. The molecule has 29 nitrogen and oxygen atoms in total. The average Bonchev–Trinajstić information content (AvgIpc) is 0.906. The first-order chi connectivity index (χ1) is 56.9. The van der Waals surface area contributed by atoms with Crippen LogP contribution in [0.15, 0.2) is 212 Å². The maximum atomic E-state index is 14.3. The second kappa shape index (κ2) is 42.6. The van der Waals surface area contributed by atoms with E-state index in [-0.39, 0.29) is 119 Å². The molecule has 9 N–H and O–H groups in total. The Morgan fingerprint density at radius 3 is 1.81 bits per heavy atom. The van der Waals surface area contributed by atoms with E-state index in [1.54, 1.807) is 56.4 Å². The summed E-state index contributed by atoms with van der Waals surface area (Å²) in [5.41, 5.74) is 7.62. The number of benzene rings is 7. The summed E-state index contributed by atoms with van der Waals surface area (Å²) in [6, 6.07) is 59.6. The molecule has 8 atom stereocenters. The van der Waals surface area contributed by atoms with Crippen LogP contribution in [-0.4, -0.2) is 160 Å². The van der Waals surface area contributed by atoms with Gasteiger partial charge in [0.25, 0.3) is 14.4 Å². The normalized spacial score (nSPS) is 17.4. The number of carbonyl (C=O) groups excluding carboxylic acids is 4. The molecule has 2 aliphatic heterocycles. The third-order valence-electron chi connectivity index (χ3n) is 20.6. The van der Waals surface area contributed by atoms with E-state index in [0.29, 0.717) is 47.7 Å². The number of fused-ring (bicyclic) bond motifs is 4. The van der Waals surface area contributed by atoms with Crippen LogP contribution in [0.25, 0.3) is 22.3 Å². The molecule has 0 radical (unpaired) electrons. The summed E-state index contributed by atoms with van der Waals surface area (Å²) in [5, 5.41) is 8.64. The maximum absolute atomic E-state index is 14.3. The van der Waals surface area contributed by atoms with E-state index < -0.39 is 77.3 Å². The fraction of sp³-hybridized carbons (Fsp3) is 0.375. The largest absolute Gasteiger partial charge is 0.497 e. The van der Waals surface area contributed by atoms with E-state index in [0.717, 1.165) is 56.5 Å². The van der Waals surface area contributed by atoms with Gasteiger partial charge in [-0.25, -0.2) is 29.2 Å². The van der Waals surface area contributed by atoms with Gasteiger partial charge in [-0.1, -0.05) is 159 Å². The average molecular weight is 1660 g/mol. The predicted molar refractivity (Wildman–Crippen MR) is 455 cm³/mol. The van der Waals surface area contributed by atoms with Crippen LogP contribution in [0.4, 0.5) is 16.4 Å². The Hall–Kier alpha value is -10.3. The minimum Gasteiger partial charge on any atom is -0.497 e. The van der Waals surface area contributed by atoms with Crippen LogP contribution in [-0.2, 0) is 69.7 Å². The predicted octanol–water partition coefficient (Wildman–Crippen LogP) is 15.9. The third-order valence-corrected chi connectivity index (χ3v) is 24.0. The van der Waals surface area contributed by atoms with Crippen molar-refractivity contribution in [1.82, 2.24) is 56.3 Å². The van der Waals surface area contributed by atoms with Crippen molar-refractivity contribution in [2.45, 2.75) is 154 Å². The molecule has 0 spiro atoms. The quantitative estimate of drug-likeness (QED) is 0.0176. The van der Waals surface area contributed by atoms with Crippen molar-refractivity contribution in [2.24, 2.45) is 0 Å². The molecule has 5 heterocycles. The molecule has 4 amide bonds. The fourth-order valence-corrected chi connectivity index (χ4v) is 17.9. The maximum Gasteiger partial charge on any atom is 0.409 e. The van der Waals surface area contributed by atoms with Crippen LogP contribution in [0, 0.1) is 0 Å². The highest BCUT2D eigenvalue weighted by molar-refractivity contribution is 7.44. The third kappa shape index (κ3) is 21.8. The number of methoxy groups -OCH3 is 2. The molecule has 0 bridgehead atoms. The lowest BCUT2D eigenvalue weighted by Crippen LogP contribution is -2.38. The number of anilines is 2. The topological polar surface area (TPSA) is 361 Å². The second-order valence-electron chi connectivity index (χ2n) is 29.3. The number of carbonyl (C=O) groups is 4. The van der Waals surface area contributed by atoms with Gasteiger partial charge in [0.2, 0.25) is 11.8 Å². The molecule has 10 aromatic rings. The Morgan fingerprint density at radius 1 is 0.613 bits per heavy atom. The minimum absolute atomic E-state index is 0. The first-order valence-corrected chi connectivity index (χ1v) is 41.9. The van der Waals surface area contributed by atoms with E-state index in [4.69, 9.17) is 61.0 Å². The van der Waals surface area contributed by atoms with Gasteiger partial charge >= 0.3 is 20.4 Å². The van der Waals surface area contributed by atoms with E-state index in [1.807, 2.05) is 147 Å². The summed E-state index contributed by atoms with van der Waals surface area (Å²) in [6.07, 6.45) is 1.36. The van der Waals surface area contributed by atoms with Crippen LogP contribution in [0.2, 0.25) is 0 Å². The molecule has 3 aromatic heterocycles. The lowest BCUT2D eigenvalue weighted by molar-refractivity contribution is -0.120. The lowest BCUT2D eigenvalue weighted by atomic mass is 9.80.